The summed E-state index contributed by atoms with van der Waals surface area (Å²) in [6.07, 6.45) is 0.272. The first-order chi connectivity index (χ1) is 6.09. The van der Waals surface area contributed by atoms with Gasteiger partial charge in [0.25, 0.3) is 0 Å². The Kier molecular flexibility index (Phi) is 1.89. The van der Waals surface area contributed by atoms with Gasteiger partial charge in [-0.2, -0.15) is 0 Å². The molecule has 4 nitrogen and oxygen atoms in total. The number of carbonyl (C=O) groups excluding carboxylic acids is 1. The lowest BCUT2D eigenvalue weighted by atomic mass is 10.0. The summed E-state index contributed by atoms with van der Waals surface area (Å²) in [5.74, 6) is -0.368. The fraction of sp³-hybridized carbons (Fsp3) is 0.667. The van der Waals surface area contributed by atoms with Gasteiger partial charge in [-0.15, -0.1) is 0 Å². The van der Waals surface area contributed by atoms with Crippen LogP contribution < -0.4 is 0 Å². The minimum absolute atomic E-state index is 0.0689. The molecule has 0 bridgehead atoms. The number of aliphatic hydroxyl groups is 1. The third kappa shape index (κ3) is 1.47. The van der Waals surface area contributed by atoms with Gasteiger partial charge < -0.3 is 14.6 Å². The van der Waals surface area contributed by atoms with Crippen LogP contribution in [0, 0.1) is 0 Å². The van der Waals surface area contributed by atoms with Gasteiger partial charge in [0.05, 0.1) is 11.7 Å². The lowest BCUT2D eigenvalue weighted by Crippen LogP contribution is -2.34. The van der Waals surface area contributed by atoms with Crippen molar-refractivity contribution in [1.29, 1.82) is 0 Å². The average molecular weight is 184 g/mol. The normalized spacial score (nSPS) is 43.9. The summed E-state index contributed by atoms with van der Waals surface area (Å²) >= 11 is 0. The molecule has 2 heterocycles. The predicted molar refractivity (Wildman–Crippen MR) is 44.0 cm³/mol. The molecular formula is C9H12O4. The van der Waals surface area contributed by atoms with Crippen molar-refractivity contribution < 1.29 is 19.4 Å². The Hall–Kier alpha value is -0.870. The highest BCUT2D eigenvalue weighted by molar-refractivity contribution is 5.91. The molecule has 0 spiro atoms. The van der Waals surface area contributed by atoms with Crippen LogP contribution in [0.4, 0.5) is 0 Å². The molecule has 1 unspecified atom stereocenters. The third-order valence-corrected chi connectivity index (χ3v) is 2.38. The fourth-order valence-corrected chi connectivity index (χ4v) is 1.42. The summed E-state index contributed by atoms with van der Waals surface area (Å²) < 4.78 is 10.1. The van der Waals surface area contributed by atoms with E-state index in [2.05, 4.69) is 0 Å². The average Bonchev–Trinajstić information content (AvgIpc) is 2.75. The molecule has 2 rings (SSSR count). The molecule has 0 aromatic heterocycles. The van der Waals surface area contributed by atoms with Gasteiger partial charge >= 0.3 is 5.97 Å². The van der Waals surface area contributed by atoms with Crippen LogP contribution in [0.25, 0.3) is 0 Å². The summed E-state index contributed by atoms with van der Waals surface area (Å²) in [4.78, 5) is 11.3. The fourth-order valence-electron chi connectivity index (χ4n) is 1.42. The number of rotatable bonds is 1. The van der Waals surface area contributed by atoms with Gasteiger partial charge in [0.2, 0.25) is 0 Å². The van der Waals surface area contributed by atoms with Crippen LogP contribution in [0.1, 0.15) is 13.8 Å². The third-order valence-electron chi connectivity index (χ3n) is 2.38. The lowest BCUT2D eigenvalue weighted by molar-refractivity contribution is -0.150. The van der Waals surface area contributed by atoms with Gasteiger partial charge in [0.15, 0.2) is 0 Å². The molecule has 4 atom stereocenters. The number of hydrogen-bond donors (Lipinski definition) is 1. The van der Waals surface area contributed by atoms with E-state index in [0.717, 1.165) is 0 Å². The van der Waals surface area contributed by atoms with Crippen LogP contribution >= 0.6 is 0 Å². The maximum absolute atomic E-state index is 11.3. The zero-order valence-electron chi connectivity index (χ0n) is 7.56. The zero-order valence-corrected chi connectivity index (χ0v) is 7.56. The van der Waals surface area contributed by atoms with Crippen LogP contribution in [0.2, 0.25) is 0 Å². The molecule has 0 aromatic rings. The van der Waals surface area contributed by atoms with Crippen molar-refractivity contribution in [3.05, 3.63) is 11.6 Å². The Morgan fingerprint density at radius 1 is 1.38 bits per heavy atom. The number of esters is 1. The van der Waals surface area contributed by atoms with Crippen LogP contribution in [0.5, 0.6) is 0 Å². The van der Waals surface area contributed by atoms with Gasteiger partial charge in [0.1, 0.15) is 18.3 Å². The summed E-state index contributed by atoms with van der Waals surface area (Å²) in [5, 5.41) is 9.42. The van der Waals surface area contributed by atoms with E-state index >= 15 is 0 Å². The Balaban J connectivity index is 2.17. The quantitative estimate of drug-likeness (QED) is 0.460. The van der Waals surface area contributed by atoms with Crippen molar-refractivity contribution in [2.45, 2.75) is 38.3 Å². The number of ether oxygens (including phenoxy) is 2. The highest BCUT2D eigenvalue weighted by Gasteiger charge is 2.44. The van der Waals surface area contributed by atoms with Crippen molar-refractivity contribution in [2.24, 2.45) is 0 Å². The number of aliphatic hydroxyl groups excluding tert-OH is 1. The van der Waals surface area contributed by atoms with E-state index in [-0.39, 0.29) is 18.2 Å². The van der Waals surface area contributed by atoms with Gasteiger partial charge in [-0.05, 0) is 19.9 Å². The minimum Gasteiger partial charge on any atom is -0.456 e. The molecule has 4 heteroatoms. The molecule has 0 saturated carbocycles. The van der Waals surface area contributed by atoms with Crippen molar-refractivity contribution in [1.82, 2.24) is 0 Å². The summed E-state index contributed by atoms with van der Waals surface area (Å²) in [7, 11) is 0. The number of cyclic esters (lactones) is 1. The van der Waals surface area contributed by atoms with Crippen LogP contribution in [0.3, 0.4) is 0 Å². The summed E-state index contributed by atoms with van der Waals surface area (Å²) in [6, 6.07) is 0. The Labute approximate surface area is 76.1 Å². The second-order valence-electron chi connectivity index (χ2n) is 3.48. The predicted octanol–water partition coefficient (Wildman–Crippen LogP) is 0.00630. The monoisotopic (exact) mass is 184 g/mol. The van der Waals surface area contributed by atoms with E-state index in [1.807, 2.05) is 6.92 Å². The molecular weight excluding hydrogens is 172 g/mol. The molecule has 13 heavy (non-hydrogen) atoms. The standard InChI is InChI=1S/C9H12O4/c1-4-7(10)3-6(9(11)13-4)8-5(2)12-8/h3-5,7-8,10H,1-2H3/t4-,5+,7+,8?/m1/s1. The molecule has 0 amide bonds. The maximum atomic E-state index is 11.3. The van der Waals surface area contributed by atoms with Gasteiger partial charge in [-0.25, -0.2) is 4.79 Å². The second-order valence-corrected chi connectivity index (χ2v) is 3.48. The first-order valence-corrected chi connectivity index (χ1v) is 4.36. The molecule has 0 radical (unpaired) electrons. The number of hydrogen-bond acceptors (Lipinski definition) is 4. The van der Waals surface area contributed by atoms with Gasteiger partial charge in [0, 0.05) is 0 Å². The van der Waals surface area contributed by atoms with E-state index in [1.165, 1.54) is 6.08 Å². The first-order valence-electron chi connectivity index (χ1n) is 4.36. The molecule has 0 aromatic carbocycles. The Morgan fingerprint density at radius 3 is 2.54 bits per heavy atom. The molecule has 1 saturated heterocycles. The van der Waals surface area contributed by atoms with E-state index in [1.54, 1.807) is 6.92 Å². The van der Waals surface area contributed by atoms with Gasteiger partial charge in [-0.3, -0.25) is 0 Å². The summed E-state index contributed by atoms with van der Waals surface area (Å²) in [5.41, 5.74) is 0.457. The zero-order chi connectivity index (χ0) is 9.59. The Bertz CT molecular complexity index is 271. The molecule has 2 aliphatic heterocycles. The lowest BCUT2D eigenvalue weighted by Gasteiger charge is -2.22. The van der Waals surface area contributed by atoms with E-state index in [9.17, 15) is 9.90 Å². The maximum Gasteiger partial charge on any atom is 0.336 e. The largest absolute Gasteiger partial charge is 0.456 e. The minimum atomic E-state index is -0.705. The van der Waals surface area contributed by atoms with Crippen molar-refractivity contribution in [2.75, 3.05) is 0 Å². The molecule has 1 N–H and O–H groups in total. The Morgan fingerprint density at radius 2 is 2.00 bits per heavy atom. The van der Waals surface area contributed by atoms with Crippen molar-refractivity contribution in [3.63, 3.8) is 0 Å². The number of epoxide rings is 1. The highest BCUT2D eigenvalue weighted by atomic mass is 16.6. The van der Waals surface area contributed by atoms with E-state index < -0.39 is 12.2 Å². The highest BCUT2D eigenvalue weighted by Crippen LogP contribution is 2.32. The van der Waals surface area contributed by atoms with E-state index in [0.29, 0.717) is 5.57 Å². The topological polar surface area (TPSA) is 59.1 Å². The van der Waals surface area contributed by atoms with E-state index in [4.69, 9.17) is 9.47 Å². The summed E-state index contributed by atoms with van der Waals surface area (Å²) in [6.45, 7) is 3.54. The molecule has 0 aliphatic carbocycles. The van der Waals surface area contributed by atoms with Crippen LogP contribution in [-0.2, 0) is 14.3 Å². The first kappa shape index (κ1) is 8.72. The van der Waals surface area contributed by atoms with Gasteiger partial charge in [-0.1, -0.05) is 0 Å². The van der Waals surface area contributed by atoms with Crippen molar-refractivity contribution in [3.8, 4) is 0 Å². The molecule has 1 fully saturated rings. The second kappa shape index (κ2) is 2.82. The number of carbonyl (C=O) groups is 1. The van der Waals surface area contributed by atoms with Crippen LogP contribution in [-0.4, -0.2) is 35.5 Å². The van der Waals surface area contributed by atoms with Crippen LogP contribution in [0.15, 0.2) is 11.6 Å². The SMILES string of the molecule is C[C@@H]1OC1C1=C[C@H](O)[C@@H](C)OC1=O. The van der Waals surface area contributed by atoms with Crippen molar-refractivity contribution >= 4 is 5.97 Å². The smallest absolute Gasteiger partial charge is 0.336 e. The molecule has 72 valence electrons. The molecule has 2 aliphatic rings.